The summed E-state index contributed by atoms with van der Waals surface area (Å²) in [5.41, 5.74) is 2.26. The van der Waals surface area contributed by atoms with Crippen LogP contribution in [0.2, 0.25) is 5.02 Å². The molecule has 1 aliphatic heterocycles. The molecule has 0 atom stereocenters. The van der Waals surface area contributed by atoms with Gasteiger partial charge in [0.1, 0.15) is 0 Å². The van der Waals surface area contributed by atoms with Crippen LogP contribution in [0.3, 0.4) is 0 Å². The number of fused-ring (bicyclic) bond motifs is 1. The van der Waals surface area contributed by atoms with Gasteiger partial charge < -0.3 is 19.9 Å². The maximum Gasteiger partial charge on any atom is 0.264 e. The largest absolute Gasteiger partial charge is 0.481 e. The second-order valence-electron chi connectivity index (χ2n) is 5.81. The summed E-state index contributed by atoms with van der Waals surface area (Å²) in [7, 11) is 5.78. The predicted octanol–water partition coefficient (Wildman–Crippen LogP) is 2.79. The van der Waals surface area contributed by atoms with E-state index in [0.29, 0.717) is 16.5 Å². The Hall–Kier alpha value is -1.83. The van der Waals surface area contributed by atoms with Crippen molar-refractivity contribution in [2.24, 2.45) is 0 Å². The van der Waals surface area contributed by atoms with E-state index in [1.807, 2.05) is 25.5 Å². The first-order valence-electron chi connectivity index (χ1n) is 7.53. The minimum Gasteiger partial charge on any atom is -0.481 e. The van der Waals surface area contributed by atoms with Crippen molar-refractivity contribution in [3.05, 3.63) is 22.5 Å². The lowest BCUT2D eigenvalue weighted by molar-refractivity contribution is -0.120. The van der Waals surface area contributed by atoms with Crippen molar-refractivity contribution < 1.29 is 9.53 Å². The molecule has 6 nitrogen and oxygen atoms in total. The summed E-state index contributed by atoms with van der Waals surface area (Å²) in [6.45, 7) is 1.77. The van der Waals surface area contributed by atoms with E-state index in [2.05, 4.69) is 15.2 Å². The SMILES string of the molecule is CN(C)CCNc1nc(-c2cc(Cl)cc3c2OCC(=O)N3C)cs1. The Morgan fingerprint density at radius 1 is 1.46 bits per heavy atom. The van der Waals surface area contributed by atoms with Crippen molar-refractivity contribution in [1.29, 1.82) is 0 Å². The van der Waals surface area contributed by atoms with Gasteiger partial charge in [0, 0.05) is 36.1 Å². The topological polar surface area (TPSA) is 57.7 Å². The molecule has 2 aromatic rings. The Kier molecular flexibility index (Phi) is 4.93. The van der Waals surface area contributed by atoms with Crippen LogP contribution in [0, 0.1) is 0 Å². The molecule has 0 saturated carbocycles. The average Bonchev–Trinajstić information content (AvgIpc) is 2.99. The van der Waals surface area contributed by atoms with E-state index in [9.17, 15) is 4.79 Å². The van der Waals surface area contributed by atoms with Gasteiger partial charge in [-0.3, -0.25) is 4.79 Å². The summed E-state index contributed by atoms with van der Waals surface area (Å²) in [6, 6.07) is 3.56. The van der Waals surface area contributed by atoms with E-state index in [1.165, 1.54) is 11.3 Å². The molecule has 1 amide bonds. The molecule has 24 heavy (non-hydrogen) atoms. The van der Waals surface area contributed by atoms with Gasteiger partial charge in [-0.15, -0.1) is 11.3 Å². The minimum absolute atomic E-state index is 0.0240. The summed E-state index contributed by atoms with van der Waals surface area (Å²) in [5.74, 6) is 0.548. The van der Waals surface area contributed by atoms with E-state index in [0.717, 1.165) is 29.5 Å². The van der Waals surface area contributed by atoms with Crippen molar-refractivity contribution in [3.63, 3.8) is 0 Å². The van der Waals surface area contributed by atoms with Crippen LogP contribution in [-0.4, -0.2) is 56.6 Å². The molecule has 1 aliphatic rings. The van der Waals surface area contributed by atoms with Crippen molar-refractivity contribution >= 4 is 39.7 Å². The van der Waals surface area contributed by atoms with E-state index in [1.54, 1.807) is 18.0 Å². The number of amides is 1. The van der Waals surface area contributed by atoms with Crippen LogP contribution >= 0.6 is 22.9 Å². The first-order valence-corrected chi connectivity index (χ1v) is 8.79. The van der Waals surface area contributed by atoms with Crippen LogP contribution in [0.15, 0.2) is 17.5 Å². The Labute approximate surface area is 150 Å². The highest BCUT2D eigenvalue weighted by molar-refractivity contribution is 7.14. The van der Waals surface area contributed by atoms with Crippen molar-refractivity contribution in [1.82, 2.24) is 9.88 Å². The molecular formula is C16H19ClN4O2S. The number of hydrogen-bond donors (Lipinski definition) is 1. The van der Waals surface area contributed by atoms with Gasteiger partial charge in [0.05, 0.1) is 11.4 Å². The Morgan fingerprint density at radius 2 is 2.25 bits per heavy atom. The van der Waals surface area contributed by atoms with Crippen molar-refractivity contribution in [3.8, 4) is 17.0 Å². The lowest BCUT2D eigenvalue weighted by Crippen LogP contribution is -2.35. The van der Waals surface area contributed by atoms with Gasteiger partial charge in [0.2, 0.25) is 0 Å². The number of anilines is 2. The summed E-state index contributed by atoms with van der Waals surface area (Å²) < 4.78 is 5.66. The van der Waals surface area contributed by atoms with Crippen LogP contribution < -0.4 is 15.0 Å². The lowest BCUT2D eigenvalue weighted by Gasteiger charge is -2.27. The molecule has 0 fully saturated rings. The fraction of sp³-hybridized carbons (Fsp3) is 0.375. The van der Waals surface area contributed by atoms with Crippen LogP contribution in [0.5, 0.6) is 5.75 Å². The number of benzene rings is 1. The third-order valence-electron chi connectivity index (χ3n) is 3.72. The number of nitrogens with one attached hydrogen (secondary N) is 1. The second-order valence-corrected chi connectivity index (χ2v) is 7.11. The quantitative estimate of drug-likeness (QED) is 0.881. The summed E-state index contributed by atoms with van der Waals surface area (Å²) >= 11 is 7.76. The molecule has 3 rings (SSSR count). The molecule has 1 N–H and O–H groups in total. The molecule has 0 saturated heterocycles. The molecule has 0 spiro atoms. The molecule has 1 aromatic heterocycles. The van der Waals surface area contributed by atoms with E-state index < -0.39 is 0 Å². The first-order chi connectivity index (χ1) is 11.5. The number of carbonyl (C=O) groups is 1. The highest BCUT2D eigenvalue weighted by atomic mass is 35.5. The van der Waals surface area contributed by atoms with E-state index >= 15 is 0 Å². The number of hydrogen-bond acceptors (Lipinski definition) is 6. The number of thiazole rings is 1. The predicted molar refractivity (Wildman–Crippen MR) is 98.5 cm³/mol. The number of halogens is 1. The Morgan fingerprint density at radius 3 is 3.00 bits per heavy atom. The smallest absolute Gasteiger partial charge is 0.264 e. The third-order valence-corrected chi connectivity index (χ3v) is 4.74. The summed E-state index contributed by atoms with van der Waals surface area (Å²) in [6.07, 6.45) is 0. The molecule has 0 bridgehead atoms. The maximum absolute atomic E-state index is 11.8. The van der Waals surface area contributed by atoms with Gasteiger partial charge in [0.15, 0.2) is 17.5 Å². The number of carbonyl (C=O) groups excluding carboxylic acids is 1. The van der Waals surface area contributed by atoms with Gasteiger partial charge in [-0.2, -0.15) is 0 Å². The summed E-state index contributed by atoms with van der Waals surface area (Å²) in [4.78, 5) is 20.1. The molecule has 0 radical (unpaired) electrons. The number of ether oxygens (including phenoxy) is 1. The van der Waals surface area contributed by atoms with Gasteiger partial charge in [0.25, 0.3) is 5.91 Å². The second kappa shape index (κ2) is 6.96. The van der Waals surface area contributed by atoms with Gasteiger partial charge in [-0.25, -0.2) is 4.98 Å². The standard InChI is InChI=1S/C16H19ClN4O2S/c1-20(2)5-4-18-16-19-12(9-24-16)11-6-10(17)7-13-15(11)23-8-14(22)21(13)3/h6-7,9H,4-5,8H2,1-3H3,(H,18,19). The fourth-order valence-corrected chi connectivity index (χ4v) is 3.35. The van der Waals surface area contributed by atoms with Crippen LogP contribution in [0.25, 0.3) is 11.3 Å². The molecule has 0 unspecified atom stereocenters. The first kappa shape index (κ1) is 17.0. The number of rotatable bonds is 5. The van der Waals surface area contributed by atoms with E-state index in [-0.39, 0.29) is 12.5 Å². The minimum atomic E-state index is -0.0972. The lowest BCUT2D eigenvalue weighted by atomic mass is 10.1. The van der Waals surface area contributed by atoms with Crippen LogP contribution in [-0.2, 0) is 4.79 Å². The molecule has 2 heterocycles. The molecule has 1 aromatic carbocycles. The fourth-order valence-electron chi connectivity index (χ4n) is 2.40. The third kappa shape index (κ3) is 3.48. The van der Waals surface area contributed by atoms with Crippen LogP contribution in [0.1, 0.15) is 0 Å². The van der Waals surface area contributed by atoms with Crippen molar-refractivity contribution in [2.45, 2.75) is 0 Å². The maximum atomic E-state index is 11.8. The Bertz CT molecular complexity index is 763. The Balaban J connectivity index is 1.89. The normalized spacial score (nSPS) is 13.9. The zero-order valence-corrected chi connectivity index (χ0v) is 15.4. The average molecular weight is 367 g/mol. The van der Waals surface area contributed by atoms with Gasteiger partial charge in [-0.05, 0) is 26.2 Å². The molecule has 8 heteroatoms. The number of nitrogens with zero attached hydrogens (tertiary/aromatic N) is 3. The zero-order valence-electron chi connectivity index (χ0n) is 13.8. The highest BCUT2D eigenvalue weighted by Crippen LogP contribution is 2.43. The molecule has 128 valence electrons. The molecular weight excluding hydrogens is 348 g/mol. The molecule has 0 aliphatic carbocycles. The van der Waals surface area contributed by atoms with Gasteiger partial charge in [-0.1, -0.05) is 11.6 Å². The number of aromatic nitrogens is 1. The van der Waals surface area contributed by atoms with Crippen molar-refractivity contribution in [2.75, 3.05) is 51.1 Å². The van der Waals surface area contributed by atoms with Crippen LogP contribution in [0.4, 0.5) is 10.8 Å². The number of likely N-dealkylation sites (N-methyl/N-ethyl adjacent to an activating group) is 2. The monoisotopic (exact) mass is 366 g/mol. The highest BCUT2D eigenvalue weighted by Gasteiger charge is 2.26. The van der Waals surface area contributed by atoms with Gasteiger partial charge >= 0.3 is 0 Å². The summed E-state index contributed by atoms with van der Waals surface area (Å²) in [5, 5.41) is 6.66. The van der Waals surface area contributed by atoms with E-state index in [4.69, 9.17) is 16.3 Å². The zero-order chi connectivity index (χ0) is 17.3.